The van der Waals surface area contributed by atoms with E-state index in [1.54, 1.807) is 0 Å². The molecule has 0 amide bonds. The third-order valence-corrected chi connectivity index (χ3v) is 10.3. The fraction of sp³-hybridized carbons (Fsp3) is 0.818. The number of likely N-dealkylation sites (N-methyl/N-ethyl adjacent to an activating group) is 1. The molecule has 2 rings (SSSR count). The summed E-state index contributed by atoms with van der Waals surface area (Å²) in [6.45, 7) is 5.53. The maximum Gasteiger partial charge on any atom is 0.169 e. The quantitative estimate of drug-likeness (QED) is 0.0582. The van der Waals surface area contributed by atoms with E-state index in [0.717, 1.165) is 38.5 Å². The zero-order valence-electron chi connectivity index (χ0n) is 32.4. The van der Waals surface area contributed by atoms with Crippen molar-refractivity contribution in [1.29, 1.82) is 0 Å². The van der Waals surface area contributed by atoms with Crippen LogP contribution in [0.5, 0.6) is 0 Å². The largest absolute Gasteiger partial charge is 0.389 e. The van der Waals surface area contributed by atoms with Gasteiger partial charge in [0.1, 0.15) is 12.2 Å². The Kier molecular flexibility index (Phi) is 26.3. The number of unbranched alkanes of at least 4 members (excludes halogenated alkanes) is 18. The van der Waals surface area contributed by atoms with Crippen LogP contribution in [-0.4, -0.2) is 65.5 Å². The van der Waals surface area contributed by atoms with Crippen LogP contribution >= 0.6 is 0 Å². The Morgan fingerprint density at radius 1 is 0.490 bits per heavy atom. The number of ether oxygens (including phenoxy) is 2. The van der Waals surface area contributed by atoms with Gasteiger partial charge in [-0.2, -0.15) is 0 Å². The number of hydrogen-bond donors (Lipinski definition) is 2. The zero-order valence-corrected chi connectivity index (χ0v) is 32.4. The number of hydrogen-bond acceptors (Lipinski definition) is 5. The van der Waals surface area contributed by atoms with Crippen LogP contribution in [0.15, 0.2) is 48.6 Å². The van der Waals surface area contributed by atoms with Gasteiger partial charge in [0.15, 0.2) is 5.79 Å². The second kappa shape index (κ2) is 29.3. The highest BCUT2D eigenvalue weighted by Gasteiger charge is 2.53. The molecule has 2 saturated heterocycles. The summed E-state index contributed by atoms with van der Waals surface area (Å²) in [5, 5.41) is 21.9. The standard InChI is InChI=1S/C44H79NO4/c1-4-6-8-10-12-14-16-18-20-22-24-26-28-30-32-34-36-44(48-42-40(46)38-45(3)39-41(47)43(42)49-44)37-35-33-31-29-27-25-23-21-19-17-15-13-11-9-7-5-2/h12-15,18-21,40-43,46-47H,4-11,16-17,22-39H2,1-3H3/b14-12-,15-13-,20-18-,21-19-/t40?,41?,42-,43+. The van der Waals surface area contributed by atoms with Gasteiger partial charge in [0, 0.05) is 25.9 Å². The molecular weight excluding hydrogens is 606 g/mol. The molecule has 0 aromatic heterocycles. The molecule has 2 heterocycles. The number of fused-ring (bicyclic) bond motifs is 1. The minimum atomic E-state index is -0.669. The van der Waals surface area contributed by atoms with Crippen molar-refractivity contribution in [2.75, 3.05) is 20.1 Å². The Morgan fingerprint density at radius 3 is 1.18 bits per heavy atom. The highest BCUT2D eigenvalue weighted by molar-refractivity contribution is 4.97. The van der Waals surface area contributed by atoms with Crippen LogP contribution < -0.4 is 0 Å². The predicted molar refractivity (Wildman–Crippen MR) is 210 cm³/mol. The fourth-order valence-electron chi connectivity index (χ4n) is 7.30. The summed E-state index contributed by atoms with van der Waals surface area (Å²) in [6.07, 6.45) is 47.7. The molecule has 49 heavy (non-hydrogen) atoms. The molecule has 0 bridgehead atoms. The molecule has 2 unspecified atom stereocenters. The Hall–Kier alpha value is -1.24. The van der Waals surface area contributed by atoms with Gasteiger partial charge in [-0.3, -0.25) is 0 Å². The highest BCUT2D eigenvalue weighted by Crippen LogP contribution is 2.41. The number of aliphatic hydroxyl groups excluding tert-OH is 2. The lowest BCUT2D eigenvalue weighted by atomic mass is 9.98. The second-order valence-corrected chi connectivity index (χ2v) is 15.1. The molecule has 2 N–H and O–H groups in total. The second-order valence-electron chi connectivity index (χ2n) is 15.1. The van der Waals surface area contributed by atoms with E-state index in [9.17, 15) is 10.2 Å². The first-order valence-electron chi connectivity index (χ1n) is 21.0. The topological polar surface area (TPSA) is 62.2 Å². The van der Waals surface area contributed by atoms with E-state index in [1.807, 2.05) is 11.9 Å². The van der Waals surface area contributed by atoms with Gasteiger partial charge >= 0.3 is 0 Å². The van der Waals surface area contributed by atoms with E-state index < -0.39 is 30.2 Å². The summed E-state index contributed by atoms with van der Waals surface area (Å²) in [7, 11) is 1.94. The van der Waals surface area contributed by atoms with Gasteiger partial charge in [0.2, 0.25) is 0 Å². The first kappa shape index (κ1) is 43.9. The van der Waals surface area contributed by atoms with Crippen LogP contribution in [-0.2, 0) is 9.47 Å². The molecule has 4 atom stereocenters. The molecule has 0 aromatic carbocycles. The lowest BCUT2D eigenvalue weighted by molar-refractivity contribution is -0.201. The van der Waals surface area contributed by atoms with Crippen LogP contribution in [0.25, 0.3) is 0 Å². The SMILES string of the molecule is CCCCC/C=C\C/C=C\CCCCCCCCC1(CCCCCCCC/C=C\C/C=C\CCCCC)O[C@@H]2C(O)CN(C)CC(O)[C@@H]2O1. The lowest BCUT2D eigenvalue weighted by Crippen LogP contribution is -2.41. The van der Waals surface area contributed by atoms with Gasteiger partial charge in [0.25, 0.3) is 0 Å². The maximum atomic E-state index is 10.9. The molecular formula is C44H79NO4. The average Bonchev–Trinajstić information content (AvgIpc) is 3.44. The number of allylic oxidation sites excluding steroid dienone is 8. The van der Waals surface area contributed by atoms with Crippen LogP contribution in [0.3, 0.4) is 0 Å². The smallest absolute Gasteiger partial charge is 0.169 e. The number of nitrogens with zero attached hydrogens (tertiary/aromatic N) is 1. The summed E-state index contributed by atoms with van der Waals surface area (Å²) in [5.74, 6) is -0.669. The van der Waals surface area contributed by atoms with E-state index in [-0.39, 0.29) is 0 Å². The van der Waals surface area contributed by atoms with Crippen molar-refractivity contribution < 1.29 is 19.7 Å². The van der Waals surface area contributed by atoms with Crippen LogP contribution in [0.2, 0.25) is 0 Å². The molecule has 5 nitrogen and oxygen atoms in total. The molecule has 2 aliphatic rings. The van der Waals surface area contributed by atoms with E-state index in [2.05, 4.69) is 62.5 Å². The lowest BCUT2D eigenvalue weighted by Gasteiger charge is -2.30. The van der Waals surface area contributed by atoms with Crippen molar-refractivity contribution >= 4 is 0 Å². The predicted octanol–water partition coefficient (Wildman–Crippen LogP) is 11.5. The minimum absolute atomic E-state index is 0.450. The third-order valence-electron chi connectivity index (χ3n) is 10.3. The van der Waals surface area contributed by atoms with E-state index in [4.69, 9.17) is 9.47 Å². The van der Waals surface area contributed by atoms with Crippen LogP contribution in [0, 0.1) is 0 Å². The zero-order chi connectivity index (χ0) is 35.3. The van der Waals surface area contributed by atoms with Crippen molar-refractivity contribution in [3.8, 4) is 0 Å². The van der Waals surface area contributed by atoms with Crippen molar-refractivity contribution in [3.05, 3.63) is 48.6 Å². The van der Waals surface area contributed by atoms with Gasteiger partial charge in [-0.05, 0) is 84.1 Å². The molecule has 0 radical (unpaired) electrons. The number of rotatable bonds is 30. The van der Waals surface area contributed by atoms with Crippen LogP contribution in [0.1, 0.15) is 181 Å². The molecule has 284 valence electrons. The maximum absolute atomic E-state index is 10.9. The summed E-state index contributed by atoms with van der Waals surface area (Å²) in [6, 6.07) is 0. The van der Waals surface area contributed by atoms with Crippen LogP contribution in [0.4, 0.5) is 0 Å². The van der Waals surface area contributed by atoms with Gasteiger partial charge < -0.3 is 24.6 Å². The van der Waals surface area contributed by atoms with Gasteiger partial charge in [0.05, 0.1) is 12.2 Å². The van der Waals surface area contributed by atoms with E-state index in [0.29, 0.717) is 13.1 Å². The molecule has 0 saturated carbocycles. The highest BCUT2D eigenvalue weighted by atomic mass is 16.8. The van der Waals surface area contributed by atoms with Crippen molar-refractivity contribution in [2.45, 2.75) is 211 Å². The fourth-order valence-corrected chi connectivity index (χ4v) is 7.30. The molecule has 2 aliphatic heterocycles. The first-order valence-corrected chi connectivity index (χ1v) is 21.0. The molecule has 2 fully saturated rings. The van der Waals surface area contributed by atoms with Gasteiger partial charge in [-0.25, -0.2) is 0 Å². The Morgan fingerprint density at radius 2 is 0.816 bits per heavy atom. The van der Waals surface area contributed by atoms with Gasteiger partial charge in [-0.1, -0.05) is 140 Å². The number of likely N-dealkylation sites (tertiary alicyclic amines) is 1. The summed E-state index contributed by atoms with van der Waals surface area (Å²) >= 11 is 0. The normalized spacial score (nSPS) is 23.1. The third kappa shape index (κ3) is 21.0. The Labute approximate surface area is 303 Å². The first-order chi connectivity index (χ1) is 24.0. The Balaban J connectivity index is 1.64. The number of aliphatic hydroxyl groups is 2. The van der Waals surface area contributed by atoms with Crippen molar-refractivity contribution in [2.24, 2.45) is 0 Å². The number of β-amino-alcohol motifs (C(OH)–C–C–N with tert-alkyl or cyclic N) is 2. The monoisotopic (exact) mass is 686 g/mol. The molecule has 0 aliphatic carbocycles. The minimum Gasteiger partial charge on any atom is -0.389 e. The van der Waals surface area contributed by atoms with Crippen molar-refractivity contribution in [1.82, 2.24) is 4.90 Å². The molecule has 0 aromatic rings. The molecule has 0 spiro atoms. The van der Waals surface area contributed by atoms with E-state index >= 15 is 0 Å². The van der Waals surface area contributed by atoms with E-state index in [1.165, 1.54) is 128 Å². The average molecular weight is 686 g/mol. The Bertz CT molecular complexity index is 812. The summed E-state index contributed by atoms with van der Waals surface area (Å²) < 4.78 is 13.3. The summed E-state index contributed by atoms with van der Waals surface area (Å²) in [5.41, 5.74) is 0. The van der Waals surface area contributed by atoms with Crippen molar-refractivity contribution in [3.63, 3.8) is 0 Å². The summed E-state index contributed by atoms with van der Waals surface area (Å²) in [4.78, 5) is 1.98. The molecule has 5 heteroatoms. The van der Waals surface area contributed by atoms with Gasteiger partial charge in [-0.15, -0.1) is 0 Å².